The van der Waals surface area contributed by atoms with Crippen LogP contribution in [-0.4, -0.2) is 57.8 Å². The van der Waals surface area contributed by atoms with Crippen molar-refractivity contribution < 1.29 is 23.8 Å². The van der Waals surface area contributed by atoms with Crippen molar-refractivity contribution in [2.24, 2.45) is 13.0 Å². The van der Waals surface area contributed by atoms with Crippen LogP contribution in [0.3, 0.4) is 0 Å². The summed E-state index contributed by atoms with van der Waals surface area (Å²) in [5.41, 5.74) is 2.96. The molecule has 2 aromatic carbocycles. The summed E-state index contributed by atoms with van der Waals surface area (Å²) in [7, 11) is 1.95. The summed E-state index contributed by atoms with van der Waals surface area (Å²) in [6, 6.07) is 19.8. The lowest BCUT2D eigenvalue weighted by molar-refractivity contribution is 0.0286. The Hall–Kier alpha value is -4.24. The first-order valence-corrected chi connectivity index (χ1v) is 16.0. The minimum atomic E-state index is -0.491. The van der Waals surface area contributed by atoms with Gasteiger partial charge in [-0.25, -0.2) is 4.79 Å². The van der Waals surface area contributed by atoms with Gasteiger partial charge in [0.15, 0.2) is 11.5 Å². The van der Waals surface area contributed by atoms with Crippen LogP contribution in [0.15, 0.2) is 72.2 Å². The predicted molar refractivity (Wildman–Crippen MR) is 174 cm³/mol. The summed E-state index contributed by atoms with van der Waals surface area (Å²) in [5.74, 6) is 1.78. The van der Waals surface area contributed by atoms with Gasteiger partial charge >= 0.3 is 6.09 Å². The average molecular weight is 614 g/mol. The first kappa shape index (κ1) is 29.8. The van der Waals surface area contributed by atoms with E-state index in [1.54, 1.807) is 16.2 Å². The Balaban J connectivity index is 1.06. The van der Waals surface area contributed by atoms with Gasteiger partial charge in [0.2, 0.25) is 5.78 Å². The fourth-order valence-corrected chi connectivity index (χ4v) is 6.71. The van der Waals surface area contributed by atoms with Crippen LogP contribution in [0.5, 0.6) is 11.5 Å². The molecule has 1 amide bonds. The molecule has 3 aromatic heterocycles. The van der Waals surface area contributed by atoms with Gasteiger partial charge < -0.3 is 28.2 Å². The number of amides is 1. The Morgan fingerprint density at radius 2 is 1.68 bits per heavy atom. The zero-order valence-electron chi connectivity index (χ0n) is 25.7. The second-order valence-corrected chi connectivity index (χ2v) is 13.3. The molecule has 6 rings (SSSR count). The van der Waals surface area contributed by atoms with Gasteiger partial charge in [-0.15, -0.1) is 11.3 Å². The van der Waals surface area contributed by atoms with Gasteiger partial charge in [-0.2, -0.15) is 0 Å². The molecule has 1 aliphatic rings. The lowest BCUT2D eigenvalue weighted by Gasteiger charge is -2.24. The molecule has 0 N–H and O–H groups in total. The number of hydrogen-bond donors (Lipinski definition) is 0. The lowest BCUT2D eigenvalue weighted by atomic mass is 10.1. The van der Waals surface area contributed by atoms with E-state index in [1.165, 1.54) is 0 Å². The molecule has 5 aromatic rings. The van der Waals surface area contributed by atoms with Gasteiger partial charge in [0, 0.05) is 42.8 Å². The quantitative estimate of drug-likeness (QED) is 0.152. The van der Waals surface area contributed by atoms with Crippen molar-refractivity contribution in [3.05, 3.63) is 83.5 Å². The van der Waals surface area contributed by atoms with Gasteiger partial charge in [0.25, 0.3) is 0 Å². The van der Waals surface area contributed by atoms with Gasteiger partial charge in [-0.1, -0.05) is 30.3 Å². The molecular formula is C35H39N3O5S. The molecule has 1 aliphatic heterocycles. The van der Waals surface area contributed by atoms with Crippen LogP contribution >= 0.6 is 11.3 Å². The Labute approximate surface area is 261 Å². The average Bonchev–Trinajstić information content (AvgIpc) is 3.78. The number of aromatic nitrogens is 2. The van der Waals surface area contributed by atoms with Crippen molar-refractivity contribution in [3.8, 4) is 11.5 Å². The summed E-state index contributed by atoms with van der Waals surface area (Å²) in [4.78, 5) is 27.9. The molecule has 1 saturated heterocycles. The third-order valence-corrected chi connectivity index (χ3v) is 8.94. The normalized spacial score (nSPS) is 15.3. The maximum Gasteiger partial charge on any atom is 0.410 e. The van der Waals surface area contributed by atoms with Gasteiger partial charge in [0.05, 0.1) is 29.1 Å². The molecule has 0 bridgehead atoms. The zero-order chi connectivity index (χ0) is 30.8. The van der Waals surface area contributed by atoms with Gasteiger partial charge in [-0.05, 0) is 75.2 Å². The molecule has 1 fully saturated rings. The van der Waals surface area contributed by atoms with Crippen molar-refractivity contribution >= 4 is 44.3 Å². The van der Waals surface area contributed by atoms with Crippen molar-refractivity contribution in [1.29, 1.82) is 0 Å². The van der Waals surface area contributed by atoms with E-state index < -0.39 is 5.60 Å². The molecule has 0 saturated carbocycles. The molecule has 230 valence electrons. The molecule has 0 spiro atoms. The predicted octanol–water partition coefficient (Wildman–Crippen LogP) is 7.53. The van der Waals surface area contributed by atoms with Crippen LogP contribution in [-0.2, 0) is 18.3 Å². The zero-order valence-corrected chi connectivity index (χ0v) is 26.6. The highest BCUT2D eigenvalue weighted by Crippen LogP contribution is 2.30. The minimum Gasteiger partial charge on any atom is -0.490 e. The monoisotopic (exact) mass is 613 g/mol. The Morgan fingerprint density at radius 1 is 0.955 bits per heavy atom. The Kier molecular flexibility index (Phi) is 8.40. The van der Waals surface area contributed by atoms with Crippen LogP contribution in [0.2, 0.25) is 0 Å². The van der Waals surface area contributed by atoms with Crippen molar-refractivity contribution in [3.63, 3.8) is 0 Å². The van der Waals surface area contributed by atoms with E-state index in [0.29, 0.717) is 61.5 Å². The van der Waals surface area contributed by atoms with E-state index in [2.05, 4.69) is 4.57 Å². The van der Waals surface area contributed by atoms with E-state index in [4.69, 9.17) is 14.2 Å². The number of carbonyl (C=O) groups excluding carboxylic acids is 2. The van der Waals surface area contributed by atoms with E-state index in [9.17, 15) is 9.59 Å². The fraction of sp³-hybridized carbons (Fsp3) is 0.371. The number of fused-ring (bicyclic) bond motifs is 2. The number of likely N-dealkylation sites (tertiary alicyclic amines) is 1. The maximum absolute atomic E-state index is 13.7. The third kappa shape index (κ3) is 6.33. The van der Waals surface area contributed by atoms with Crippen LogP contribution in [0.1, 0.15) is 49.7 Å². The highest BCUT2D eigenvalue weighted by Gasteiger charge is 2.29. The highest BCUT2D eigenvalue weighted by molar-refractivity contribution is 7.17. The number of thiophene rings is 1. The third-order valence-electron chi connectivity index (χ3n) is 8.09. The first-order valence-electron chi connectivity index (χ1n) is 15.2. The number of rotatable bonds is 10. The summed E-state index contributed by atoms with van der Waals surface area (Å²) in [6.07, 6.45) is 3.49. The highest BCUT2D eigenvalue weighted by atomic mass is 32.1. The molecule has 4 heterocycles. The van der Waals surface area contributed by atoms with Gasteiger partial charge in [0.1, 0.15) is 12.2 Å². The first-order chi connectivity index (χ1) is 21.2. The lowest BCUT2D eigenvalue weighted by Crippen LogP contribution is -2.35. The molecule has 9 heteroatoms. The minimum absolute atomic E-state index is 0.0157. The number of aryl methyl sites for hydroxylation is 1. The van der Waals surface area contributed by atoms with Gasteiger partial charge in [-0.3, -0.25) is 4.79 Å². The summed E-state index contributed by atoms with van der Waals surface area (Å²) in [5, 5.41) is 2.98. The van der Waals surface area contributed by atoms with Crippen LogP contribution < -0.4 is 9.47 Å². The summed E-state index contributed by atoms with van der Waals surface area (Å²) >= 11 is 1.64. The number of para-hydroxylation sites is 3. The number of ketones is 1. The summed E-state index contributed by atoms with van der Waals surface area (Å²) in [6.45, 7) is 8.60. The molecule has 8 nitrogen and oxygen atoms in total. The molecule has 44 heavy (non-hydrogen) atoms. The SMILES string of the molecule is Cn1c(C(=O)c2cn(CCOc3ccccc3OCCC3CCN(C(=O)OC(C)(C)C)C3)c3ccccc23)cc2sccc21. The topological polar surface area (TPSA) is 74.9 Å². The Bertz CT molecular complexity index is 1790. The number of benzene rings is 2. The summed E-state index contributed by atoms with van der Waals surface area (Å²) < 4.78 is 23.1. The van der Waals surface area contributed by atoms with Crippen molar-refractivity contribution in [1.82, 2.24) is 14.0 Å². The largest absolute Gasteiger partial charge is 0.490 e. The second-order valence-electron chi connectivity index (χ2n) is 12.4. The smallest absolute Gasteiger partial charge is 0.410 e. The number of hydrogen-bond acceptors (Lipinski definition) is 6. The second kappa shape index (κ2) is 12.4. The van der Waals surface area contributed by atoms with Crippen molar-refractivity contribution in [2.45, 2.75) is 45.8 Å². The number of ether oxygens (including phenoxy) is 3. The number of nitrogens with zero attached hydrogens (tertiary/aromatic N) is 3. The molecule has 0 radical (unpaired) electrons. The fourth-order valence-electron chi connectivity index (χ4n) is 5.86. The number of carbonyl (C=O) groups is 2. The molecule has 0 aliphatic carbocycles. The van der Waals surface area contributed by atoms with E-state index in [0.717, 1.165) is 34.0 Å². The van der Waals surface area contributed by atoms with Crippen LogP contribution in [0, 0.1) is 5.92 Å². The van der Waals surface area contributed by atoms with E-state index >= 15 is 0 Å². The molecular weight excluding hydrogens is 574 g/mol. The van der Waals surface area contributed by atoms with Crippen LogP contribution in [0.25, 0.3) is 21.1 Å². The van der Waals surface area contributed by atoms with Crippen LogP contribution in [0.4, 0.5) is 4.79 Å². The van der Waals surface area contributed by atoms with E-state index in [-0.39, 0.29) is 11.9 Å². The Morgan fingerprint density at radius 3 is 2.43 bits per heavy atom. The molecule has 1 atom stereocenters. The van der Waals surface area contributed by atoms with E-state index in [1.807, 2.05) is 105 Å². The maximum atomic E-state index is 13.7. The standard InChI is InChI=1S/C35H39N3O5S/c1-35(2,3)43-34(40)38-16-13-24(22-38)14-18-41-30-11-7-8-12-31(30)42-19-17-37-23-26(25-9-5-6-10-27(25)37)33(39)29-21-32-28(36(29)4)15-20-44-32/h5-12,15,20-21,23-24H,13-14,16-19,22H2,1-4H3. The molecule has 1 unspecified atom stereocenters. The van der Waals surface area contributed by atoms with Crippen molar-refractivity contribution in [2.75, 3.05) is 26.3 Å².